The Morgan fingerprint density at radius 2 is 1.82 bits per heavy atom. The molecule has 0 unspecified atom stereocenters. The largest absolute Gasteiger partial charge is 0.497 e. The smallest absolute Gasteiger partial charge is 0.303 e. The first-order chi connectivity index (χ1) is 16.4. The van der Waals surface area contributed by atoms with E-state index in [1.54, 1.807) is 19.2 Å². The summed E-state index contributed by atoms with van der Waals surface area (Å²) in [5.74, 6) is 0.540. The van der Waals surface area contributed by atoms with Crippen LogP contribution in [-0.4, -0.2) is 38.4 Å². The van der Waals surface area contributed by atoms with Gasteiger partial charge in [0.25, 0.3) is 0 Å². The van der Waals surface area contributed by atoms with Gasteiger partial charge in [-0.15, -0.1) is 0 Å². The summed E-state index contributed by atoms with van der Waals surface area (Å²) in [4.78, 5) is 11.0. The number of hydrogen-bond acceptors (Lipinski definition) is 5. The van der Waals surface area contributed by atoms with Crippen LogP contribution in [0.1, 0.15) is 30.5 Å². The molecule has 0 saturated carbocycles. The van der Waals surface area contributed by atoms with E-state index in [9.17, 15) is 9.18 Å². The molecular formula is C27H30FNO5. The molecule has 34 heavy (non-hydrogen) atoms. The van der Waals surface area contributed by atoms with Crippen molar-refractivity contribution in [2.24, 2.45) is 0 Å². The maximum absolute atomic E-state index is 14.3. The predicted octanol–water partition coefficient (Wildman–Crippen LogP) is 5.26. The molecule has 3 aromatic rings. The molecule has 3 rings (SSSR count). The number of hydrogen-bond donors (Lipinski definition) is 2. The monoisotopic (exact) mass is 467 g/mol. The van der Waals surface area contributed by atoms with Gasteiger partial charge in [0, 0.05) is 25.1 Å². The Labute approximate surface area is 199 Å². The maximum Gasteiger partial charge on any atom is 0.303 e. The average molecular weight is 468 g/mol. The molecule has 6 nitrogen and oxygen atoms in total. The normalized spacial score (nSPS) is 11.6. The van der Waals surface area contributed by atoms with E-state index in [-0.39, 0.29) is 12.5 Å². The van der Waals surface area contributed by atoms with Crippen molar-refractivity contribution < 1.29 is 28.5 Å². The van der Waals surface area contributed by atoms with Gasteiger partial charge in [-0.1, -0.05) is 18.2 Å². The van der Waals surface area contributed by atoms with E-state index in [0.29, 0.717) is 36.6 Å². The van der Waals surface area contributed by atoms with Crippen molar-refractivity contribution in [2.75, 3.05) is 27.4 Å². The first-order valence-corrected chi connectivity index (χ1v) is 11.1. The van der Waals surface area contributed by atoms with Crippen LogP contribution in [0.3, 0.4) is 0 Å². The number of ether oxygens (including phenoxy) is 3. The summed E-state index contributed by atoms with van der Waals surface area (Å²) in [6.45, 7) is 3.00. The van der Waals surface area contributed by atoms with E-state index in [0.717, 1.165) is 22.4 Å². The maximum atomic E-state index is 14.3. The van der Waals surface area contributed by atoms with Crippen LogP contribution in [0.15, 0.2) is 60.7 Å². The zero-order valence-corrected chi connectivity index (χ0v) is 19.6. The Kier molecular flexibility index (Phi) is 8.87. The van der Waals surface area contributed by atoms with Crippen LogP contribution in [0.5, 0.6) is 17.2 Å². The van der Waals surface area contributed by atoms with E-state index in [4.69, 9.17) is 19.3 Å². The summed E-state index contributed by atoms with van der Waals surface area (Å²) in [5.41, 5.74) is 3.26. The van der Waals surface area contributed by atoms with Gasteiger partial charge >= 0.3 is 5.97 Å². The number of nitrogens with one attached hydrogen (secondary N) is 1. The standard InChI is InChI=1S/C27H30FNO5/c1-18(19-5-4-6-24(15-19)32-2)29-11-12-34-25-16-22(14-23(28)17-25)20-7-9-26(33-3)21(13-20)8-10-27(30)31/h4-7,9,13-18,29H,8,10-12H2,1-3H3,(H,30,31)/t18-/m1/s1. The molecule has 0 saturated heterocycles. The van der Waals surface area contributed by atoms with Crippen LogP contribution >= 0.6 is 0 Å². The van der Waals surface area contributed by atoms with Gasteiger partial charge in [0.1, 0.15) is 29.7 Å². The van der Waals surface area contributed by atoms with Gasteiger partial charge in [-0.25, -0.2) is 4.39 Å². The number of benzene rings is 3. The minimum atomic E-state index is -0.886. The molecule has 0 amide bonds. The Morgan fingerprint density at radius 1 is 1.00 bits per heavy atom. The minimum absolute atomic E-state index is 0.0154. The van der Waals surface area contributed by atoms with Gasteiger partial charge in [0.15, 0.2) is 0 Å². The number of carboxylic acid groups (broad SMARTS) is 1. The van der Waals surface area contributed by atoms with Crippen molar-refractivity contribution in [3.63, 3.8) is 0 Å². The number of carbonyl (C=O) groups is 1. The highest BCUT2D eigenvalue weighted by atomic mass is 19.1. The van der Waals surface area contributed by atoms with Crippen molar-refractivity contribution in [3.8, 4) is 28.4 Å². The van der Waals surface area contributed by atoms with Crippen molar-refractivity contribution >= 4 is 5.97 Å². The number of aryl methyl sites for hydroxylation is 1. The van der Waals surface area contributed by atoms with Crippen LogP contribution < -0.4 is 19.5 Å². The van der Waals surface area contributed by atoms with Crippen LogP contribution in [0.25, 0.3) is 11.1 Å². The molecule has 2 N–H and O–H groups in total. The molecule has 180 valence electrons. The summed E-state index contributed by atoms with van der Waals surface area (Å²) >= 11 is 0. The summed E-state index contributed by atoms with van der Waals surface area (Å²) < 4.78 is 30.7. The quantitative estimate of drug-likeness (QED) is 0.354. The highest BCUT2D eigenvalue weighted by Crippen LogP contribution is 2.30. The van der Waals surface area contributed by atoms with Gasteiger partial charge in [0.2, 0.25) is 0 Å². The number of carboxylic acids is 1. The lowest BCUT2D eigenvalue weighted by Crippen LogP contribution is -2.24. The van der Waals surface area contributed by atoms with E-state index in [1.165, 1.54) is 19.2 Å². The van der Waals surface area contributed by atoms with Crippen molar-refractivity contribution in [1.82, 2.24) is 5.32 Å². The van der Waals surface area contributed by atoms with Crippen LogP contribution in [0, 0.1) is 5.82 Å². The number of rotatable bonds is 12. The zero-order valence-electron chi connectivity index (χ0n) is 19.6. The molecule has 0 spiro atoms. The van der Waals surface area contributed by atoms with Gasteiger partial charge in [-0.3, -0.25) is 4.79 Å². The van der Waals surface area contributed by atoms with Crippen molar-refractivity contribution in [2.45, 2.75) is 25.8 Å². The van der Waals surface area contributed by atoms with Gasteiger partial charge in [0.05, 0.1) is 14.2 Å². The Bertz CT molecular complexity index is 1120. The van der Waals surface area contributed by atoms with E-state index in [1.807, 2.05) is 36.4 Å². The minimum Gasteiger partial charge on any atom is -0.497 e. The molecule has 0 aromatic heterocycles. The lowest BCUT2D eigenvalue weighted by atomic mass is 9.99. The third kappa shape index (κ3) is 6.96. The first-order valence-electron chi connectivity index (χ1n) is 11.1. The molecular weight excluding hydrogens is 437 g/mol. The molecule has 1 atom stereocenters. The van der Waals surface area contributed by atoms with Crippen LogP contribution in [-0.2, 0) is 11.2 Å². The van der Waals surface area contributed by atoms with Crippen molar-refractivity contribution in [1.29, 1.82) is 0 Å². The van der Waals surface area contributed by atoms with E-state index >= 15 is 0 Å². The average Bonchev–Trinajstić information content (AvgIpc) is 2.84. The van der Waals surface area contributed by atoms with E-state index < -0.39 is 11.8 Å². The fourth-order valence-corrected chi connectivity index (χ4v) is 3.68. The van der Waals surface area contributed by atoms with Crippen LogP contribution in [0.2, 0.25) is 0 Å². The van der Waals surface area contributed by atoms with E-state index in [2.05, 4.69) is 12.2 Å². The molecule has 7 heteroatoms. The highest BCUT2D eigenvalue weighted by Gasteiger charge is 2.11. The first kappa shape index (κ1) is 25.1. The number of aliphatic carboxylic acids is 1. The molecule has 0 heterocycles. The SMILES string of the molecule is COc1cccc([C@@H](C)NCCOc2cc(F)cc(-c3ccc(OC)c(CCC(=O)O)c3)c2)c1. The summed E-state index contributed by atoms with van der Waals surface area (Å²) in [6.07, 6.45) is 0.306. The highest BCUT2D eigenvalue weighted by molar-refractivity contribution is 5.69. The fourth-order valence-electron chi connectivity index (χ4n) is 3.68. The molecule has 0 bridgehead atoms. The number of halogens is 1. The van der Waals surface area contributed by atoms with Crippen molar-refractivity contribution in [3.05, 3.63) is 77.6 Å². The van der Waals surface area contributed by atoms with Crippen LogP contribution in [0.4, 0.5) is 4.39 Å². The molecule has 0 aliphatic rings. The van der Waals surface area contributed by atoms with Gasteiger partial charge < -0.3 is 24.6 Å². The summed E-state index contributed by atoms with van der Waals surface area (Å²) in [6, 6.07) is 17.9. The molecule has 3 aromatic carbocycles. The topological polar surface area (TPSA) is 77.0 Å². The predicted molar refractivity (Wildman–Crippen MR) is 129 cm³/mol. The lowest BCUT2D eigenvalue weighted by Gasteiger charge is -2.16. The third-order valence-corrected chi connectivity index (χ3v) is 5.51. The zero-order chi connectivity index (χ0) is 24.5. The Hall–Kier alpha value is -3.58. The summed E-state index contributed by atoms with van der Waals surface area (Å²) in [7, 11) is 3.18. The molecule has 0 aliphatic carbocycles. The number of methoxy groups -OCH3 is 2. The van der Waals surface area contributed by atoms with Gasteiger partial charge in [-0.05, 0) is 72.0 Å². The molecule has 0 fully saturated rings. The second kappa shape index (κ2) is 12.0. The summed E-state index contributed by atoms with van der Waals surface area (Å²) in [5, 5.41) is 12.4. The molecule has 0 aliphatic heterocycles. The Balaban J connectivity index is 1.64. The third-order valence-electron chi connectivity index (χ3n) is 5.51. The second-order valence-corrected chi connectivity index (χ2v) is 7.90. The lowest BCUT2D eigenvalue weighted by molar-refractivity contribution is -0.136. The van der Waals surface area contributed by atoms with Gasteiger partial charge in [-0.2, -0.15) is 0 Å². The fraction of sp³-hybridized carbons (Fsp3) is 0.296. The second-order valence-electron chi connectivity index (χ2n) is 7.90. The molecule has 0 radical (unpaired) electrons. The Morgan fingerprint density at radius 3 is 2.56 bits per heavy atom.